The lowest BCUT2D eigenvalue weighted by Crippen LogP contribution is -2.42. The second kappa shape index (κ2) is 8.64. The van der Waals surface area contributed by atoms with Gasteiger partial charge in [0, 0.05) is 30.2 Å². The van der Waals surface area contributed by atoms with Crippen LogP contribution in [0.2, 0.25) is 0 Å². The predicted molar refractivity (Wildman–Crippen MR) is 109 cm³/mol. The molecule has 1 aliphatic carbocycles. The molecule has 2 fully saturated rings. The number of rotatable bonds is 5. The van der Waals surface area contributed by atoms with E-state index in [0.717, 1.165) is 44.3 Å². The highest BCUT2D eigenvalue weighted by molar-refractivity contribution is 5.98. The third kappa shape index (κ3) is 4.21. The molecule has 29 heavy (non-hydrogen) atoms. The van der Waals surface area contributed by atoms with Gasteiger partial charge in [-0.1, -0.05) is 32.6 Å². The fraction of sp³-hybridized carbons (Fsp3) is 0.565. The largest absolute Gasteiger partial charge is 0.461 e. The molecule has 2 aliphatic rings. The maximum atomic E-state index is 14.5. The lowest BCUT2D eigenvalue weighted by molar-refractivity contribution is 0.0493. The molecule has 1 aliphatic heterocycles. The van der Waals surface area contributed by atoms with Gasteiger partial charge in [0.05, 0.1) is 6.61 Å². The van der Waals surface area contributed by atoms with Crippen LogP contribution in [0.25, 0.3) is 10.9 Å². The molecule has 0 spiro atoms. The first-order valence-electron chi connectivity index (χ1n) is 10.8. The van der Waals surface area contributed by atoms with Crippen LogP contribution in [0.1, 0.15) is 62.4 Å². The smallest absolute Gasteiger partial charge is 0.357 e. The molecule has 6 heteroatoms. The SMILES string of the molecule is CCCCOC(=O)c1cc(N2CC[C@H]3CCCC[C@@H]3C2)c2cc(F)cc(F)c2n1. The molecule has 0 N–H and O–H groups in total. The van der Waals surface area contributed by atoms with Crippen LogP contribution in [-0.2, 0) is 4.74 Å². The number of benzene rings is 1. The predicted octanol–water partition coefficient (Wildman–Crippen LogP) is 5.49. The van der Waals surface area contributed by atoms with E-state index in [-0.39, 0.29) is 11.2 Å². The third-order valence-corrected chi connectivity index (χ3v) is 6.38. The zero-order valence-corrected chi connectivity index (χ0v) is 16.9. The minimum atomic E-state index is -0.753. The van der Waals surface area contributed by atoms with Crippen molar-refractivity contribution >= 4 is 22.6 Å². The molecule has 1 aromatic heterocycles. The van der Waals surface area contributed by atoms with E-state index in [4.69, 9.17) is 4.74 Å². The first-order chi connectivity index (χ1) is 14.1. The summed E-state index contributed by atoms with van der Waals surface area (Å²) in [4.78, 5) is 18.9. The Morgan fingerprint density at radius 2 is 1.97 bits per heavy atom. The number of carbonyl (C=O) groups excluding carboxylic acids is 1. The number of hydrogen-bond acceptors (Lipinski definition) is 4. The van der Waals surface area contributed by atoms with Gasteiger partial charge < -0.3 is 9.64 Å². The summed E-state index contributed by atoms with van der Waals surface area (Å²) in [6.07, 6.45) is 7.75. The van der Waals surface area contributed by atoms with Crippen molar-refractivity contribution in [2.24, 2.45) is 11.8 Å². The van der Waals surface area contributed by atoms with Gasteiger partial charge in [-0.3, -0.25) is 0 Å². The summed E-state index contributed by atoms with van der Waals surface area (Å²) in [5.74, 6) is -0.613. The van der Waals surface area contributed by atoms with Crippen LogP contribution in [0.3, 0.4) is 0 Å². The average Bonchev–Trinajstić information content (AvgIpc) is 2.73. The highest BCUT2D eigenvalue weighted by Gasteiger charge is 2.32. The van der Waals surface area contributed by atoms with Crippen molar-refractivity contribution in [3.8, 4) is 0 Å². The first kappa shape index (κ1) is 20.0. The van der Waals surface area contributed by atoms with Crippen LogP contribution in [0.15, 0.2) is 18.2 Å². The zero-order chi connectivity index (χ0) is 20.4. The topological polar surface area (TPSA) is 42.4 Å². The monoisotopic (exact) mass is 402 g/mol. The summed E-state index contributed by atoms with van der Waals surface area (Å²) in [5.41, 5.74) is 0.789. The minimum absolute atomic E-state index is 0.0251. The van der Waals surface area contributed by atoms with Gasteiger partial charge in [-0.05, 0) is 43.2 Å². The molecule has 0 radical (unpaired) electrons. The highest BCUT2D eigenvalue weighted by Crippen LogP contribution is 2.39. The molecule has 2 aromatic rings. The van der Waals surface area contributed by atoms with Gasteiger partial charge in [0.2, 0.25) is 0 Å². The number of piperidine rings is 1. The zero-order valence-electron chi connectivity index (χ0n) is 16.9. The van der Waals surface area contributed by atoms with Crippen molar-refractivity contribution < 1.29 is 18.3 Å². The molecule has 1 saturated heterocycles. The number of anilines is 1. The van der Waals surface area contributed by atoms with Crippen LogP contribution < -0.4 is 4.90 Å². The van der Waals surface area contributed by atoms with E-state index in [0.29, 0.717) is 23.6 Å². The van der Waals surface area contributed by atoms with Gasteiger partial charge in [-0.25, -0.2) is 18.6 Å². The van der Waals surface area contributed by atoms with Crippen LogP contribution in [0.4, 0.5) is 14.5 Å². The Morgan fingerprint density at radius 1 is 1.17 bits per heavy atom. The summed E-state index contributed by atoms with van der Waals surface area (Å²) in [6.45, 7) is 4.00. The van der Waals surface area contributed by atoms with Crippen molar-refractivity contribution in [1.82, 2.24) is 4.98 Å². The molecule has 1 saturated carbocycles. The van der Waals surface area contributed by atoms with Gasteiger partial charge in [0.1, 0.15) is 11.3 Å². The third-order valence-electron chi connectivity index (χ3n) is 6.38. The molecule has 1 aromatic carbocycles. The van der Waals surface area contributed by atoms with Crippen molar-refractivity contribution in [2.45, 2.75) is 51.9 Å². The van der Waals surface area contributed by atoms with Gasteiger partial charge in [0.15, 0.2) is 11.5 Å². The number of pyridine rings is 1. The number of hydrogen-bond donors (Lipinski definition) is 0. The fourth-order valence-corrected chi connectivity index (χ4v) is 4.80. The van der Waals surface area contributed by atoms with Gasteiger partial charge in [-0.2, -0.15) is 0 Å². The van der Waals surface area contributed by atoms with Crippen LogP contribution in [0, 0.1) is 23.5 Å². The van der Waals surface area contributed by atoms with Crippen molar-refractivity contribution in [1.29, 1.82) is 0 Å². The van der Waals surface area contributed by atoms with Gasteiger partial charge in [0.25, 0.3) is 0 Å². The van der Waals surface area contributed by atoms with Crippen LogP contribution in [-0.4, -0.2) is 30.6 Å². The van der Waals surface area contributed by atoms with E-state index in [2.05, 4.69) is 9.88 Å². The molecule has 0 bridgehead atoms. The molecule has 0 amide bonds. The van der Waals surface area contributed by atoms with Crippen molar-refractivity contribution in [3.63, 3.8) is 0 Å². The molecule has 4 nitrogen and oxygen atoms in total. The maximum absolute atomic E-state index is 14.5. The first-order valence-corrected chi connectivity index (χ1v) is 10.8. The Hall–Kier alpha value is -2.24. The Bertz CT molecular complexity index is 902. The number of fused-ring (bicyclic) bond motifs is 2. The number of aromatic nitrogens is 1. The van der Waals surface area contributed by atoms with Crippen LogP contribution in [0.5, 0.6) is 0 Å². The second-order valence-corrected chi connectivity index (χ2v) is 8.34. The number of esters is 1. The van der Waals surface area contributed by atoms with E-state index in [9.17, 15) is 13.6 Å². The standard InChI is InChI=1S/C23H28F2N2O2/c1-2-3-10-29-23(28)20-13-21(18-11-17(24)12-19(25)22(18)26-20)27-9-8-15-6-4-5-7-16(15)14-27/h11-13,15-16H,2-10,14H2,1H3/t15-,16-/m1/s1. The summed E-state index contributed by atoms with van der Waals surface area (Å²) < 4.78 is 33.8. The fourth-order valence-electron chi connectivity index (χ4n) is 4.80. The summed E-state index contributed by atoms with van der Waals surface area (Å²) in [5, 5.41) is 0.418. The van der Waals surface area contributed by atoms with Crippen molar-refractivity contribution in [3.05, 3.63) is 35.5 Å². The molecule has 2 atom stereocenters. The van der Waals surface area contributed by atoms with Crippen molar-refractivity contribution in [2.75, 3.05) is 24.6 Å². The molecule has 2 heterocycles. The normalized spacial score (nSPS) is 21.8. The number of halogens is 2. The molecule has 4 rings (SSSR count). The Labute approximate surface area is 170 Å². The van der Waals surface area contributed by atoms with E-state index in [1.165, 1.54) is 31.7 Å². The molecule has 156 valence electrons. The lowest BCUT2D eigenvalue weighted by atomic mass is 9.75. The number of carbonyl (C=O) groups is 1. The summed E-state index contributed by atoms with van der Waals surface area (Å²) in [6, 6.07) is 3.79. The lowest BCUT2D eigenvalue weighted by Gasteiger charge is -2.42. The molecular formula is C23H28F2N2O2. The highest BCUT2D eigenvalue weighted by atomic mass is 19.1. The van der Waals surface area contributed by atoms with Gasteiger partial charge in [-0.15, -0.1) is 0 Å². The molecular weight excluding hydrogens is 374 g/mol. The number of ether oxygens (including phenoxy) is 1. The number of nitrogens with zero attached hydrogens (tertiary/aromatic N) is 2. The Balaban J connectivity index is 1.71. The van der Waals surface area contributed by atoms with E-state index in [1.54, 1.807) is 6.07 Å². The maximum Gasteiger partial charge on any atom is 0.357 e. The Morgan fingerprint density at radius 3 is 2.76 bits per heavy atom. The average molecular weight is 402 g/mol. The van der Waals surface area contributed by atoms with E-state index < -0.39 is 17.6 Å². The number of unbranched alkanes of at least 4 members (excludes halogenated alkanes) is 1. The van der Waals surface area contributed by atoms with E-state index in [1.807, 2.05) is 6.92 Å². The van der Waals surface area contributed by atoms with E-state index >= 15 is 0 Å². The Kier molecular flexibility index (Phi) is 5.97. The minimum Gasteiger partial charge on any atom is -0.461 e. The second-order valence-electron chi connectivity index (χ2n) is 8.34. The van der Waals surface area contributed by atoms with Gasteiger partial charge >= 0.3 is 5.97 Å². The molecule has 0 unspecified atom stereocenters. The van der Waals surface area contributed by atoms with Crippen LogP contribution >= 0.6 is 0 Å². The quantitative estimate of drug-likeness (QED) is 0.490. The summed E-state index contributed by atoms with van der Waals surface area (Å²) in [7, 11) is 0. The summed E-state index contributed by atoms with van der Waals surface area (Å²) >= 11 is 0.